The first-order valence-corrected chi connectivity index (χ1v) is 5.91. The van der Waals surface area contributed by atoms with E-state index < -0.39 is 11.9 Å². The second kappa shape index (κ2) is 5.80. The van der Waals surface area contributed by atoms with Crippen molar-refractivity contribution in [2.24, 2.45) is 0 Å². The molecule has 2 aromatic rings. The van der Waals surface area contributed by atoms with E-state index in [0.717, 1.165) is 0 Å². The monoisotopic (exact) mass is 264 g/mol. The molecule has 4 heteroatoms. The molecule has 0 aliphatic rings. The highest BCUT2D eigenvalue weighted by Crippen LogP contribution is 2.22. The molecule has 0 bridgehead atoms. The smallest absolute Gasteiger partial charge is 0.132 e. The van der Waals surface area contributed by atoms with Crippen LogP contribution in [0.3, 0.4) is 0 Å². The number of hydrogen-bond donors (Lipinski definition) is 1. The highest BCUT2D eigenvalue weighted by molar-refractivity contribution is 5.30. The standard InChI is InChI=1S/C15H14F2O2/c1-10(18)13-7-6-12(8-15(13)17)19-9-11-4-2-3-5-14(11)16/h2-8,10,18H,9H2,1H3. The molecule has 19 heavy (non-hydrogen) atoms. The first-order chi connectivity index (χ1) is 9.08. The van der Waals surface area contributed by atoms with Crippen molar-refractivity contribution in [2.45, 2.75) is 19.6 Å². The quantitative estimate of drug-likeness (QED) is 0.914. The molecule has 1 atom stereocenters. The largest absolute Gasteiger partial charge is 0.489 e. The van der Waals surface area contributed by atoms with E-state index in [9.17, 15) is 13.9 Å². The molecule has 0 radical (unpaired) electrons. The third-order valence-corrected chi connectivity index (χ3v) is 2.77. The van der Waals surface area contributed by atoms with E-state index in [4.69, 9.17) is 4.74 Å². The van der Waals surface area contributed by atoms with E-state index in [1.165, 1.54) is 25.1 Å². The van der Waals surface area contributed by atoms with Gasteiger partial charge >= 0.3 is 0 Å². The molecule has 2 aromatic carbocycles. The molecule has 0 aromatic heterocycles. The molecule has 0 aliphatic carbocycles. The zero-order chi connectivity index (χ0) is 13.8. The Hall–Kier alpha value is -1.94. The molecule has 100 valence electrons. The second-order valence-corrected chi connectivity index (χ2v) is 4.24. The van der Waals surface area contributed by atoms with Crippen molar-refractivity contribution in [2.75, 3.05) is 0 Å². The van der Waals surface area contributed by atoms with Crippen LogP contribution in [0.25, 0.3) is 0 Å². The lowest BCUT2D eigenvalue weighted by atomic mass is 10.1. The minimum Gasteiger partial charge on any atom is -0.489 e. The fourth-order valence-electron chi connectivity index (χ4n) is 1.71. The van der Waals surface area contributed by atoms with Crippen LogP contribution in [0.4, 0.5) is 8.78 Å². The topological polar surface area (TPSA) is 29.5 Å². The molecule has 0 heterocycles. The lowest BCUT2D eigenvalue weighted by molar-refractivity contribution is 0.194. The molecule has 2 nitrogen and oxygen atoms in total. The molecule has 0 fully saturated rings. The van der Waals surface area contributed by atoms with Crippen LogP contribution in [0.15, 0.2) is 42.5 Å². The maximum atomic E-state index is 13.6. The van der Waals surface area contributed by atoms with Gasteiger partial charge in [-0.25, -0.2) is 8.78 Å². The highest BCUT2D eigenvalue weighted by Gasteiger charge is 2.09. The Labute approximate surface area is 110 Å². The summed E-state index contributed by atoms with van der Waals surface area (Å²) in [7, 11) is 0. The molecular formula is C15H14F2O2. The summed E-state index contributed by atoms with van der Waals surface area (Å²) in [6, 6.07) is 10.4. The molecule has 0 saturated heterocycles. The zero-order valence-corrected chi connectivity index (χ0v) is 10.4. The van der Waals surface area contributed by atoms with Gasteiger partial charge in [0.05, 0.1) is 6.10 Å². The maximum absolute atomic E-state index is 13.6. The summed E-state index contributed by atoms with van der Waals surface area (Å²) in [4.78, 5) is 0. The Kier molecular flexibility index (Phi) is 4.12. The summed E-state index contributed by atoms with van der Waals surface area (Å²) < 4.78 is 32.3. The minimum atomic E-state index is -0.874. The average Bonchev–Trinajstić information content (AvgIpc) is 2.37. The lowest BCUT2D eigenvalue weighted by Gasteiger charge is -2.10. The summed E-state index contributed by atoms with van der Waals surface area (Å²) in [5.41, 5.74) is 0.612. The predicted molar refractivity (Wildman–Crippen MR) is 67.8 cm³/mol. The molecule has 0 aliphatic heterocycles. The van der Waals surface area contributed by atoms with Gasteiger partial charge in [0, 0.05) is 17.2 Å². The summed E-state index contributed by atoms with van der Waals surface area (Å²) in [5, 5.41) is 9.31. The first kappa shape index (κ1) is 13.5. The van der Waals surface area contributed by atoms with Crippen molar-refractivity contribution in [3.63, 3.8) is 0 Å². The number of aliphatic hydroxyl groups is 1. The number of hydrogen-bond acceptors (Lipinski definition) is 2. The number of benzene rings is 2. The summed E-state index contributed by atoms with van der Waals surface area (Å²) in [6.07, 6.45) is -0.874. The van der Waals surface area contributed by atoms with E-state index in [0.29, 0.717) is 11.3 Å². The van der Waals surface area contributed by atoms with Crippen LogP contribution >= 0.6 is 0 Å². The van der Waals surface area contributed by atoms with Crippen molar-refractivity contribution < 1.29 is 18.6 Å². The van der Waals surface area contributed by atoms with Crippen molar-refractivity contribution in [3.8, 4) is 5.75 Å². The van der Waals surface area contributed by atoms with Crippen LogP contribution in [0.2, 0.25) is 0 Å². The van der Waals surface area contributed by atoms with E-state index >= 15 is 0 Å². The molecule has 2 rings (SSSR count). The SMILES string of the molecule is CC(O)c1ccc(OCc2ccccc2F)cc1F. The summed E-state index contributed by atoms with van der Waals surface area (Å²) >= 11 is 0. The van der Waals surface area contributed by atoms with Crippen LogP contribution in [-0.2, 0) is 6.61 Å². The van der Waals surface area contributed by atoms with Gasteiger partial charge in [-0.3, -0.25) is 0 Å². The van der Waals surface area contributed by atoms with Gasteiger partial charge < -0.3 is 9.84 Å². The second-order valence-electron chi connectivity index (χ2n) is 4.24. The fraction of sp³-hybridized carbons (Fsp3) is 0.200. The zero-order valence-electron chi connectivity index (χ0n) is 10.4. The van der Waals surface area contributed by atoms with Crippen LogP contribution < -0.4 is 4.74 Å². The number of aliphatic hydroxyl groups excluding tert-OH is 1. The van der Waals surface area contributed by atoms with Gasteiger partial charge in [-0.1, -0.05) is 18.2 Å². The van der Waals surface area contributed by atoms with Crippen molar-refractivity contribution in [1.82, 2.24) is 0 Å². The Morgan fingerprint density at radius 2 is 1.84 bits per heavy atom. The number of rotatable bonds is 4. The van der Waals surface area contributed by atoms with Crippen molar-refractivity contribution >= 4 is 0 Å². The van der Waals surface area contributed by atoms with Gasteiger partial charge in [0.2, 0.25) is 0 Å². The third kappa shape index (κ3) is 3.29. The number of halogens is 2. The van der Waals surface area contributed by atoms with Gasteiger partial charge in [0.1, 0.15) is 24.0 Å². The van der Waals surface area contributed by atoms with Crippen LogP contribution in [0.1, 0.15) is 24.2 Å². The molecule has 0 spiro atoms. The van der Waals surface area contributed by atoms with Crippen molar-refractivity contribution in [1.29, 1.82) is 0 Å². The summed E-state index contributed by atoms with van der Waals surface area (Å²) in [6.45, 7) is 1.51. The molecule has 1 unspecified atom stereocenters. The fourth-order valence-corrected chi connectivity index (χ4v) is 1.71. The molecule has 0 amide bonds. The van der Waals surface area contributed by atoms with Gasteiger partial charge in [-0.15, -0.1) is 0 Å². The van der Waals surface area contributed by atoms with Gasteiger partial charge in [0.15, 0.2) is 0 Å². The Morgan fingerprint density at radius 1 is 1.11 bits per heavy atom. The Morgan fingerprint density at radius 3 is 2.47 bits per heavy atom. The average molecular weight is 264 g/mol. The predicted octanol–water partition coefficient (Wildman–Crippen LogP) is 3.60. The van der Waals surface area contributed by atoms with Gasteiger partial charge in [-0.2, -0.15) is 0 Å². The van der Waals surface area contributed by atoms with Crippen LogP contribution in [0, 0.1) is 11.6 Å². The Bertz CT molecular complexity index is 568. The van der Waals surface area contributed by atoms with E-state index in [1.54, 1.807) is 24.3 Å². The molecule has 1 N–H and O–H groups in total. The van der Waals surface area contributed by atoms with E-state index in [-0.39, 0.29) is 18.0 Å². The van der Waals surface area contributed by atoms with E-state index in [2.05, 4.69) is 0 Å². The normalized spacial score (nSPS) is 12.2. The lowest BCUT2D eigenvalue weighted by Crippen LogP contribution is -2.00. The van der Waals surface area contributed by atoms with Crippen LogP contribution in [0.5, 0.6) is 5.75 Å². The van der Waals surface area contributed by atoms with Crippen LogP contribution in [-0.4, -0.2) is 5.11 Å². The maximum Gasteiger partial charge on any atom is 0.132 e. The highest BCUT2D eigenvalue weighted by atomic mass is 19.1. The van der Waals surface area contributed by atoms with E-state index in [1.807, 2.05) is 0 Å². The van der Waals surface area contributed by atoms with Gasteiger partial charge in [-0.05, 0) is 25.1 Å². The summed E-state index contributed by atoms with van der Waals surface area (Å²) in [5.74, 6) is -0.602. The third-order valence-electron chi connectivity index (χ3n) is 2.77. The molecule has 0 saturated carbocycles. The number of ether oxygens (including phenoxy) is 1. The Balaban J connectivity index is 2.08. The van der Waals surface area contributed by atoms with Gasteiger partial charge in [0.25, 0.3) is 0 Å². The van der Waals surface area contributed by atoms with Crippen molar-refractivity contribution in [3.05, 3.63) is 65.2 Å². The first-order valence-electron chi connectivity index (χ1n) is 5.91. The molecular weight excluding hydrogens is 250 g/mol. The minimum absolute atomic E-state index is 0.0279.